The third kappa shape index (κ3) is 2.50. The Hall–Kier alpha value is -1.50. The van der Waals surface area contributed by atoms with Crippen LogP contribution in [0, 0.1) is 0 Å². The molecule has 0 unspecified atom stereocenters. The van der Waals surface area contributed by atoms with Crippen LogP contribution in [0.3, 0.4) is 0 Å². The first-order valence-corrected chi connectivity index (χ1v) is 5.68. The molecule has 0 amide bonds. The van der Waals surface area contributed by atoms with Crippen LogP contribution in [-0.4, -0.2) is 17.1 Å². The number of imidazole rings is 1. The van der Waals surface area contributed by atoms with Crippen molar-refractivity contribution in [3.63, 3.8) is 0 Å². The van der Waals surface area contributed by atoms with Gasteiger partial charge >= 0.3 is 6.18 Å². The third-order valence-corrected chi connectivity index (χ3v) is 2.88. The van der Waals surface area contributed by atoms with Crippen molar-refractivity contribution in [2.24, 2.45) is 0 Å². The fourth-order valence-electron chi connectivity index (χ4n) is 1.43. The van der Waals surface area contributed by atoms with Gasteiger partial charge in [0.1, 0.15) is 16.2 Å². The van der Waals surface area contributed by atoms with Crippen LogP contribution in [0.25, 0.3) is 11.4 Å². The number of aromatic amines is 1. The van der Waals surface area contributed by atoms with Gasteiger partial charge in [0.2, 0.25) is 0 Å². The van der Waals surface area contributed by atoms with Gasteiger partial charge in [0.05, 0.1) is 7.11 Å². The van der Waals surface area contributed by atoms with Crippen molar-refractivity contribution in [2.75, 3.05) is 7.11 Å². The molecule has 96 valence electrons. The van der Waals surface area contributed by atoms with Crippen LogP contribution in [0.5, 0.6) is 5.75 Å². The van der Waals surface area contributed by atoms with E-state index in [1.807, 2.05) is 0 Å². The van der Waals surface area contributed by atoms with E-state index in [-0.39, 0.29) is 10.4 Å². The molecule has 3 nitrogen and oxygen atoms in total. The number of methoxy groups -OCH3 is 1. The van der Waals surface area contributed by atoms with E-state index < -0.39 is 11.9 Å². The number of alkyl halides is 3. The minimum absolute atomic E-state index is 0.150. The first-order valence-electron chi connectivity index (χ1n) is 4.89. The molecule has 7 heteroatoms. The number of halogens is 4. The molecule has 0 atom stereocenters. The number of aromatic nitrogens is 2. The normalized spacial score (nSPS) is 11.6. The number of nitrogens with zero attached hydrogens (tertiary/aromatic N) is 1. The second-order valence-electron chi connectivity index (χ2n) is 3.48. The summed E-state index contributed by atoms with van der Waals surface area (Å²) in [5.41, 5.74) is -0.347. The Morgan fingerprint density at radius 2 is 1.83 bits per heavy atom. The molecule has 0 aliphatic rings. The standard InChI is InChI=1S/C11H8BrF3N2O/c1-18-7-4-2-6(3-5-7)10-16-8(9(12)17-10)11(13,14)15/h2-5H,1H3,(H,16,17). The van der Waals surface area contributed by atoms with E-state index in [0.717, 1.165) is 0 Å². The van der Waals surface area contributed by atoms with Gasteiger partial charge in [-0.1, -0.05) is 0 Å². The van der Waals surface area contributed by atoms with Gasteiger partial charge in [-0.15, -0.1) is 0 Å². The monoisotopic (exact) mass is 320 g/mol. The minimum Gasteiger partial charge on any atom is -0.497 e. The smallest absolute Gasteiger partial charge is 0.433 e. The number of ether oxygens (including phenoxy) is 1. The predicted molar refractivity (Wildman–Crippen MR) is 63.3 cm³/mol. The summed E-state index contributed by atoms with van der Waals surface area (Å²) in [6.07, 6.45) is -4.46. The second kappa shape index (κ2) is 4.64. The molecule has 2 rings (SSSR count). The number of hydrogen-bond donors (Lipinski definition) is 1. The largest absolute Gasteiger partial charge is 0.497 e. The zero-order chi connectivity index (χ0) is 13.3. The number of benzene rings is 1. The van der Waals surface area contributed by atoms with E-state index in [0.29, 0.717) is 11.3 Å². The Kier molecular flexibility index (Phi) is 3.34. The molecular formula is C11H8BrF3N2O. The van der Waals surface area contributed by atoms with Crippen LogP contribution >= 0.6 is 15.9 Å². The maximum Gasteiger partial charge on any atom is 0.433 e. The molecule has 0 saturated carbocycles. The Morgan fingerprint density at radius 1 is 1.22 bits per heavy atom. The second-order valence-corrected chi connectivity index (χ2v) is 4.23. The van der Waals surface area contributed by atoms with Gasteiger partial charge < -0.3 is 9.72 Å². The molecule has 0 spiro atoms. The van der Waals surface area contributed by atoms with Crippen molar-refractivity contribution in [3.05, 3.63) is 34.6 Å². The van der Waals surface area contributed by atoms with Crippen molar-refractivity contribution in [2.45, 2.75) is 6.18 Å². The number of rotatable bonds is 2. The summed E-state index contributed by atoms with van der Waals surface area (Å²) in [4.78, 5) is 6.05. The SMILES string of the molecule is COc1ccc(-c2nc(Br)c(C(F)(F)F)[nH]2)cc1. The Morgan fingerprint density at radius 3 is 2.28 bits per heavy atom. The summed E-state index contributed by atoms with van der Waals surface area (Å²) >= 11 is 2.79. The molecule has 0 aliphatic heterocycles. The van der Waals surface area contributed by atoms with Crippen LogP contribution in [-0.2, 0) is 6.18 Å². The first kappa shape index (κ1) is 12.9. The van der Waals surface area contributed by atoms with E-state index in [4.69, 9.17) is 4.74 Å². The topological polar surface area (TPSA) is 37.9 Å². The van der Waals surface area contributed by atoms with Crippen molar-refractivity contribution in [1.29, 1.82) is 0 Å². The van der Waals surface area contributed by atoms with Gasteiger partial charge in [0.25, 0.3) is 0 Å². The molecule has 1 N–H and O–H groups in total. The first-order chi connectivity index (χ1) is 8.41. The maximum atomic E-state index is 12.6. The molecule has 0 saturated heterocycles. The van der Waals surface area contributed by atoms with E-state index >= 15 is 0 Å². The zero-order valence-electron chi connectivity index (χ0n) is 9.18. The summed E-state index contributed by atoms with van der Waals surface area (Å²) in [6, 6.07) is 6.56. The number of H-pyrrole nitrogens is 1. The highest BCUT2D eigenvalue weighted by Crippen LogP contribution is 2.35. The van der Waals surface area contributed by atoms with Gasteiger partial charge in [-0.05, 0) is 40.2 Å². The van der Waals surface area contributed by atoms with Gasteiger partial charge in [-0.3, -0.25) is 0 Å². The molecule has 0 fully saturated rings. The molecule has 2 aromatic rings. The molecule has 18 heavy (non-hydrogen) atoms. The summed E-state index contributed by atoms with van der Waals surface area (Å²) < 4.78 is 42.4. The number of hydrogen-bond acceptors (Lipinski definition) is 2. The fourth-order valence-corrected chi connectivity index (χ4v) is 1.93. The van der Waals surface area contributed by atoms with Crippen molar-refractivity contribution >= 4 is 15.9 Å². The van der Waals surface area contributed by atoms with Gasteiger partial charge in [-0.2, -0.15) is 13.2 Å². The highest BCUT2D eigenvalue weighted by molar-refractivity contribution is 9.10. The summed E-state index contributed by atoms with van der Waals surface area (Å²) in [5, 5.41) is 0. The summed E-state index contributed by atoms with van der Waals surface area (Å²) in [5.74, 6) is 0.775. The van der Waals surface area contributed by atoms with Gasteiger partial charge in [-0.25, -0.2) is 4.98 Å². The lowest BCUT2D eigenvalue weighted by molar-refractivity contribution is -0.141. The van der Waals surface area contributed by atoms with Crippen LogP contribution in [0.4, 0.5) is 13.2 Å². The van der Waals surface area contributed by atoms with Gasteiger partial charge in [0, 0.05) is 5.56 Å². The third-order valence-electron chi connectivity index (χ3n) is 2.31. The van der Waals surface area contributed by atoms with Crippen LogP contribution in [0.2, 0.25) is 0 Å². The molecule has 1 aromatic heterocycles. The molecule has 1 aromatic carbocycles. The Labute approximate surface area is 109 Å². The number of nitrogens with one attached hydrogen (secondary N) is 1. The summed E-state index contributed by atoms with van der Waals surface area (Å²) in [6.45, 7) is 0. The van der Waals surface area contributed by atoms with E-state index in [1.165, 1.54) is 7.11 Å². The minimum atomic E-state index is -4.46. The lowest BCUT2D eigenvalue weighted by atomic mass is 10.2. The highest BCUT2D eigenvalue weighted by atomic mass is 79.9. The quantitative estimate of drug-likeness (QED) is 0.912. The average Bonchev–Trinajstić information content (AvgIpc) is 2.71. The molecule has 0 bridgehead atoms. The zero-order valence-corrected chi connectivity index (χ0v) is 10.8. The molecule has 1 heterocycles. The van der Waals surface area contributed by atoms with E-state index in [9.17, 15) is 13.2 Å². The molecular weight excluding hydrogens is 313 g/mol. The molecule has 0 radical (unpaired) electrons. The van der Waals surface area contributed by atoms with Crippen molar-refractivity contribution < 1.29 is 17.9 Å². The lowest BCUT2D eigenvalue weighted by Gasteiger charge is -2.03. The lowest BCUT2D eigenvalue weighted by Crippen LogP contribution is -2.06. The van der Waals surface area contributed by atoms with E-state index in [2.05, 4.69) is 25.9 Å². The average molecular weight is 321 g/mol. The van der Waals surface area contributed by atoms with Crippen LogP contribution in [0.15, 0.2) is 28.9 Å². The maximum absolute atomic E-state index is 12.6. The van der Waals surface area contributed by atoms with Crippen molar-refractivity contribution in [3.8, 4) is 17.1 Å². The molecule has 0 aliphatic carbocycles. The fraction of sp³-hybridized carbons (Fsp3) is 0.182. The van der Waals surface area contributed by atoms with E-state index in [1.54, 1.807) is 24.3 Å². The van der Waals surface area contributed by atoms with Crippen molar-refractivity contribution in [1.82, 2.24) is 9.97 Å². The Balaban J connectivity index is 2.39. The van der Waals surface area contributed by atoms with Gasteiger partial charge in [0.15, 0.2) is 5.69 Å². The predicted octanol–water partition coefficient (Wildman–Crippen LogP) is 3.87. The van der Waals surface area contributed by atoms with Crippen LogP contribution < -0.4 is 4.74 Å². The summed E-state index contributed by atoms with van der Waals surface area (Å²) in [7, 11) is 1.51. The van der Waals surface area contributed by atoms with Crippen LogP contribution in [0.1, 0.15) is 5.69 Å². The Bertz CT molecular complexity index is 548. The highest BCUT2D eigenvalue weighted by Gasteiger charge is 2.36.